The van der Waals surface area contributed by atoms with E-state index in [9.17, 15) is 9.18 Å². The van der Waals surface area contributed by atoms with Crippen LogP contribution in [0.15, 0.2) is 79.8 Å². The summed E-state index contributed by atoms with van der Waals surface area (Å²) in [5.41, 5.74) is 10.9. The Morgan fingerprint density at radius 1 is 1.00 bits per heavy atom. The number of carbonyl (C=O) groups is 1. The molecule has 1 spiro atoms. The molecule has 2 aliphatic rings. The van der Waals surface area contributed by atoms with Crippen molar-refractivity contribution < 1.29 is 9.18 Å². The Bertz CT molecular complexity index is 1820. The van der Waals surface area contributed by atoms with E-state index in [4.69, 9.17) is 15.7 Å². The lowest BCUT2D eigenvalue weighted by molar-refractivity contribution is -0.131. The van der Waals surface area contributed by atoms with Crippen LogP contribution in [0.3, 0.4) is 0 Å². The lowest BCUT2D eigenvalue weighted by Crippen LogP contribution is -2.60. The third kappa shape index (κ3) is 5.91. The number of fused-ring (bicyclic) bond motifs is 1. The van der Waals surface area contributed by atoms with Crippen molar-refractivity contribution in [3.05, 3.63) is 91.2 Å². The van der Waals surface area contributed by atoms with Gasteiger partial charge >= 0.3 is 0 Å². The molecular weight excluding hydrogens is 569 g/mol. The van der Waals surface area contributed by atoms with Crippen molar-refractivity contribution in [3.63, 3.8) is 0 Å². The molecule has 230 valence electrons. The predicted molar refractivity (Wildman–Crippen MR) is 173 cm³/mol. The minimum atomic E-state index is -0.428. The van der Waals surface area contributed by atoms with E-state index < -0.39 is 5.82 Å². The first-order chi connectivity index (χ1) is 21.9. The molecular formula is C34H36FN9O. The molecule has 0 unspecified atom stereocenters. The largest absolute Gasteiger partial charge is 0.383 e. The summed E-state index contributed by atoms with van der Waals surface area (Å²) in [6.45, 7) is 12.2. The van der Waals surface area contributed by atoms with Crippen LogP contribution in [0.1, 0.15) is 32.3 Å². The van der Waals surface area contributed by atoms with E-state index in [0.717, 1.165) is 57.4 Å². The summed E-state index contributed by atoms with van der Waals surface area (Å²) in [7, 11) is 0. The summed E-state index contributed by atoms with van der Waals surface area (Å²) in [6, 6.07) is 14.9. The summed E-state index contributed by atoms with van der Waals surface area (Å²) in [6.07, 6.45) is 7.91. The van der Waals surface area contributed by atoms with Crippen LogP contribution in [0.4, 0.5) is 10.2 Å². The minimum Gasteiger partial charge on any atom is -0.383 e. The molecule has 10 nitrogen and oxygen atoms in total. The summed E-state index contributed by atoms with van der Waals surface area (Å²) >= 11 is 0. The second-order valence-corrected chi connectivity index (χ2v) is 11.3. The normalized spacial score (nSPS) is 15.8. The standard InChI is InChI=1S/C32H30FN9O.C2H6/c1-2-27(43)41-14-11-32(12-15-41)19-40(20-32)18-21-5-8-23(9-6-21)42-30(24-4-3-13-35-28(24)34)38-26-17-37-29(39-31(26)42)25-10-7-22(33)16-36-25;1-2/h2-10,13,16-17H,1,11-12,14-15,18-20H2,(H2,34,35);1-2H3. The van der Waals surface area contributed by atoms with Crippen LogP contribution in [0.25, 0.3) is 39.8 Å². The van der Waals surface area contributed by atoms with Gasteiger partial charge in [0.1, 0.15) is 22.8 Å². The maximum absolute atomic E-state index is 13.5. The Hall–Kier alpha value is -5.03. The second kappa shape index (κ2) is 12.5. The molecule has 2 saturated heterocycles. The van der Waals surface area contributed by atoms with Gasteiger partial charge in [-0.05, 0) is 66.3 Å². The van der Waals surface area contributed by atoms with Gasteiger partial charge in [-0.15, -0.1) is 0 Å². The number of halogens is 1. The highest BCUT2D eigenvalue weighted by Crippen LogP contribution is 2.41. The molecule has 0 aliphatic carbocycles. The monoisotopic (exact) mass is 605 g/mol. The number of aromatic nitrogens is 6. The van der Waals surface area contributed by atoms with Gasteiger partial charge in [-0.2, -0.15) is 0 Å². The van der Waals surface area contributed by atoms with Crippen molar-refractivity contribution in [2.45, 2.75) is 33.2 Å². The number of nitrogen functional groups attached to an aromatic ring is 1. The zero-order valence-electron chi connectivity index (χ0n) is 25.5. The fourth-order valence-electron chi connectivity index (χ4n) is 6.21. The SMILES string of the molecule is C=CC(=O)N1CCC2(CC1)CN(Cc1ccc(-n3c(-c4cccnc4N)nc4cnc(-c5ccc(F)cn5)nc43)cc1)C2.CC. The molecule has 45 heavy (non-hydrogen) atoms. The van der Waals surface area contributed by atoms with Crippen LogP contribution in [-0.2, 0) is 11.3 Å². The van der Waals surface area contributed by atoms with Gasteiger partial charge in [0.05, 0.1) is 18.0 Å². The molecule has 0 atom stereocenters. The molecule has 2 N–H and O–H groups in total. The molecule has 5 aromatic rings. The smallest absolute Gasteiger partial charge is 0.245 e. The van der Waals surface area contributed by atoms with Crippen molar-refractivity contribution in [2.75, 3.05) is 31.9 Å². The lowest BCUT2D eigenvalue weighted by atomic mass is 9.72. The van der Waals surface area contributed by atoms with Gasteiger partial charge in [-0.25, -0.2) is 29.3 Å². The van der Waals surface area contributed by atoms with Crippen LogP contribution in [0.2, 0.25) is 0 Å². The predicted octanol–water partition coefficient (Wildman–Crippen LogP) is 5.30. The van der Waals surface area contributed by atoms with Crippen molar-refractivity contribution in [1.82, 2.24) is 39.3 Å². The first kappa shape index (κ1) is 30.0. The summed E-state index contributed by atoms with van der Waals surface area (Å²) in [5, 5.41) is 0. The lowest BCUT2D eigenvalue weighted by Gasteiger charge is -2.54. The Balaban J connectivity index is 0.00000175. The molecule has 2 fully saturated rings. The number of piperidine rings is 1. The number of pyridine rings is 2. The van der Waals surface area contributed by atoms with Gasteiger partial charge < -0.3 is 10.6 Å². The Morgan fingerprint density at radius 3 is 2.42 bits per heavy atom. The zero-order chi connectivity index (χ0) is 31.6. The highest BCUT2D eigenvalue weighted by molar-refractivity contribution is 5.87. The number of hydrogen-bond donors (Lipinski definition) is 1. The van der Waals surface area contributed by atoms with E-state index in [1.165, 1.54) is 17.7 Å². The molecule has 1 amide bonds. The minimum absolute atomic E-state index is 0.0287. The summed E-state index contributed by atoms with van der Waals surface area (Å²) < 4.78 is 15.4. The fourth-order valence-corrected chi connectivity index (χ4v) is 6.21. The number of carbonyl (C=O) groups excluding carboxylic acids is 1. The van der Waals surface area contributed by atoms with Gasteiger partial charge in [0.25, 0.3) is 0 Å². The number of benzene rings is 1. The van der Waals surface area contributed by atoms with Crippen molar-refractivity contribution >= 4 is 22.9 Å². The first-order valence-electron chi connectivity index (χ1n) is 15.2. The van der Waals surface area contributed by atoms with Gasteiger partial charge in [-0.1, -0.05) is 32.6 Å². The Kier molecular flexibility index (Phi) is 8.36. The number of rotatable bonds is 6. The maximum atomic E-state index is 13.5. The zero-order valence-corrected chi connectivity index (χ0v) is 25.5. The fraction of sp³-hybridized carbons (Fsp3) is 0.294. The molecule has 2 aliphatic heterocycles. The summed E-state index contributed by atoms with van der Waals surface area (Å²) in [5.74, 6) is 0.916. The Morgan fingerprint density at radius 2 is 1.76 bits per heavy atom. The number of nitrogens with two attached hydrogens (primary N) is 1. The molecule has 11 heteroatoms. The second-order valence-electron chi connectivity index (χ2n) is 11.3. The van der Waals surface area contributed by atoms with E-state index in [2.05, 4.69) is 50.7 Å². The molecule has 4 aromatic heterocycles. The molecule has 1 aromatic carbocycles. The highest BCUT2D eigenvalue weighted by Gasteiger charge is 2.44. The van der Waals surface area contributed by atoms with Crippen molar-refractivity contribution in [1.29, 1.82) is 0 Å². The van der Waals surface area contributed by atoms with Crippen LogP contribution < -0.4 is 5.73 Å². The number of nitrogens with zero attached hydrogens (tertiary/aromatic N) is 8. The third-order valence-electron chi connectivity index (χ3n) is 8.47. The molecule has 6 heterocycles. The van der Waals surface area contributed by atoms with Crippen molar-refractivity contribution in [2.24, 2.45) is 5.41 Å². The van der Waals surface area contributed by atoms with E-state index in [0.29, 0.717) is 45.3 Å². The summed E-state index contributed by atoms with van der Waals surface area (Å²) in [4.78, 5) is 38.8. The van der Waals surface area contributed by atoms with Gasteiger partial charge in [-0.3, -0.25) is 14.3 Å². The van der Waals surface area contributed by atoms with Crippen LogP contribution >= 0.6 is 0 Å². The average molecular weight is 606 g/mol. The van der Waals surface area contributed by atoms with Gasteiger partial charge in [0, 0.05) is 44.6 Å². The van der Waals surface area contributed by atoms with Crippen molar-refractivity contribution in [3.8, 4) is 28.6 Å². The number of anilines is 1. The average Bonchev–Trinajstić information content (AvgIpc) is 3.44. The maximum Gasteiger partial charge on any atom is 0.245 e. The van der Waals surface area contributed by atoms with Gasteiger partial charge in [0.15, 0.2) is 17.3 Å². The van der Waals surface area contributed by atoms with E-state index in [-0.39, 0.29) is 5.91 Å². The number of amides is 1. The van der Waals surface area contributed by atoms with Crippen LogP contribution in [-0.4, -0.2) is 71.4 Å². The Labute approximate surface area is 261 Å². The van der Waals surface area contributed by atoms with Crippen LogP contribution in [0, 0.1) is 11.2 Å². The van der Waals surface area contributed by atoms with E-state index in [1.54, 1.807) is 18.5 Å². The number of hydrogen-bond acceptors (Lipinski definition) is 8. The molecule has 0 saturated carbocycles. The third-order valence-corrected chi connectivity index (χ3v) is 8.47. The quantitative estimate of drug-likeness (QED) is 0.259. The number of imidazole rings is 1. The highest BCUT2D eigenvalue weighted by atomic mass is 19.1. The number of likely N-dealkylation sites (tertiary alicyclic amines) is 2. The van der Waals surface area contributed by atoms with Crippen LogP contribution in [0.5, 0.6) is 0 Å². The van der Waals surface area contributed by atoms with E-state index >= 15 is 0 Å². The topological polar surface area (TPSA) is 119 Å². The van der Waals surface area contributed by atoms with E-state index in [1.807, 2.05) is 35.4 Å². The first-order valence-corrected chi connectivity index (χ1v) is 15.2. The molecule has 7 rings (SSSR count). The molecule has 0 bridgehead atoms. The van der Waals surface area contributed by atoms with Gasteiger partial charge in [0.2, 0.25) is 5.91 Å². The molecule has 0 radical (unpaired) electrons.